The zero-order chi connectivity index (χ0) is 16.5. The van der Waals surface area contributed by atoms with Crippen molar-refractivity contribution in [3.63, 3.8) is 0 Å². The van der Waals surface area contributed by atoms with Gasteiger partial charge in [-0.2, -0.15) is 11.8 Å². The van der Waals surface area contributed by atoms with E-state index < -0.39 is 0 Å². The number of hydrogen-bond acceptors (Lipinski definition) is 2. The summed E-state index contributed by atoms with van der Waals surface area (Å²) in [6, 6.07) is 19.8. The van der Waals surface area contributed by atoms with E-state index in [2.05, 4.69) is 19.1 Å². The molecule has 0 aromatic heterocycles. The van der Waals surface area contributed by atoms with Gasteiger partial charge >= 0.3 is 0 Å². The number of rotatable bonds is 8. The molecule has 0 atom stereocenters. The van der Waals surface area contributed by atoms with E-state index in [0.29, 0.717) is 0 Å². The molecule has 0 spiro atoms. The Morgan fingerprint density at radius 1 is 0.870 bits per heavy atom. The summed E-state index contributed by atoms with van der Waals surface area (Å²) < 4.78 is 0. The Morgan fingerprint density at radius 3 is 2.00 bits per heavy atom. The third kappa shape index (κ3) is 5.11. The van der Waals surface area contributed by atoms with Gasteiger partial charge in [0.15, 0.2) is 5.78 Å². The maximum absolute atomic E-state index is 12.8. The lowest BCUT2D eigenvalue weighted by Gasteiger charge is -2.12. The van der Waals surface area contributed by atoms with Crippen LogP contribution in [0.15, 0.2) is 66.2 Å². The Morgan fingerprint density at radius 2 is 1.43 bits per heavy atom. The fourth-order valence-electron chi connectivity index (χ4n) is 2.55. The number of allylic oxidation sites excluding steroid dienone is 2. The van der Waals surface area contributed by atoms with E-state index in [4.69, 9.17) is 0 Å². The molecular formula is C21H24OS. The van der Waals surface area contributed by atoms with Crippen LogP contribution in [0, 0.1) is 0 Å². The molecule has 0 aliphatic carbocycles. The van der Waals surface area contributed by atoms with Crippen LogP contribution in [0.25, 0.3) is 5.57 Å². The summed E-state index contributed by atoms with van der Waals surface area (Å²) in [6.45, 7) is 4.16. The molecule has 0 radical (unpaired) electrons. The molecule has 0 aliphatic heterocycles. The van der Waals surface area contributed by atoms with Gasteiger partial charge in [0.2, 0.25) is 0 Å². The van der Waals surface area contributed by atoms with E-state index in [-0.39, 0.29) is 5.78 Å². The SMILES string of the molecule is CCCSCC/C(=C(\C)C(=O)c1ccccc1)c1ccccc1. The summed E-state index contributed by atoms with van der Waals surface area (Å²) in [7, 11) is 0. The molecule has 2 aromatic rings. The molecule has 0 unspecified atom stereocenters. The summed E-state index contributed by atoms with van der Waals surface area (Å²) in [5.41, 5.74) is 3.95. The molecule has 1 nitrogen and oxygen atoms in total. The minimum absolute atomic E-state index is 0.130. The predicted octanol–water partition coefficient (Wildman–Crippen LogP) is 5.88. The average Bonchev–Trinajstić information content (AvgIpc) is 2.62. The number of carbonyl (C=O) groups excluding carboxylic acids is 1. The van der Waals surface area contributed by atoms with Gasteiger partial charge < -0.3 is 0 Å². The quantitative estimate of drug-likeness (QED) is 0.343. The molecule has 2 rings (SSSR count). The van der Waals surface area contributed by atoms with E-state index >= 15 is 0 Å². The van der Waals surface area contributed by atoms with Crippen LogP contribution in [-0.4, -0.2) is 17.3 Å². The number of thioether (sulfide) groups is 1. The largest absolute Gasteiger partial charge is 0.289 e. The van der Waals surface area contributed by atoms with E-state index in [1.165, 1.54) is 17.7 Å². The smallest absolute Gasteiger partial charge is 0.189 e. The van der Waals surface area contributed by atoms with Crippen molar-refractivity contribution in [2.75, 3.05) is 11.5 Å². The normalized spacial score (nSPS) is 11.9. The van der Waals surface area contributed by atoms with Crippen molar-refractivity contribution in [3.05, 3.63) is 77.4 Å². The van der Waals surface area contributed by atoms with Crippen LogP contribution in [0.3, 0.4) is 0 Å². The van der Waals surface area contributed by atoms with E-state index in [1.54, 1.807) is 0 Å². The van der Waals surface area contributed by atoms with Crippen molar-refractivity contribution in [1.82, 2.24) is 0 Å². The Kier molecular flexibility index (Phi) is 7.15. The summed E-state index contributed by atoms with van der Waals surface area (Å²) in [5.74, 6) is 2.36. The van der Waals surface area contributed by atoms with E-state index in [9.17, 15) is 4.79 Å². The summed E-state index contributed by atoms with van der Waals surface area (Å²) in [6.07, 6.45) is 2.12. The van der Waals surface area contributed by atoms with E-state index in [0.717, 1.165) is 28.9 Å². The molecule has 0 saturated heterocycles. The van der Waals surface area contributed by atoms with Gasteiger partial charge in [0, 0.05) is 11.1 Å². The lowest BCUT2D eigenvalue weighted by Crippen LogP contribution is -2.04. The fraction of sp³-hybridized carbons (Fsp3) is 0.286. The number of ketones is 1. The zero-order valence-corrected chi connectivity index (χ0v) is 14.7. The monoisotopic (exact) mass is 324 g/mol. The van der Waals surface area contributed by atoms with Gasteiger partial charge in [-0.3, -0.25) is 4.79 Å². The lowest BCUT2D eigenvalue weighted by atomic mass is 9.93. The third-order valence-electron chi connectivity index (χ3n) is 3.80. The van der Waals surface area contributed by atoms with Crippen molar-refractivity contribution in [2.45, 2.75) is 26.7 Å². The maximum Gasteiger partial charge on any atom is 0.189 e. The molecule has 0 bridgehead atoms. The molecule has 0 N–H and O–H groups in total. The second-order valence-electron chi connectivity index (χ2n) is 5.53. The predicted molar refractivity (Wildman–Crippen MR) is 102 cm³/mol. The third-order valence-corrected chi connectivity index (χ3v) is 4.99. The van der Waals surface area contributed by atoms with Crippen molar-refractivity contribution in [3.8, 4) is 0 Å². The first-order valence-corrected chi connectivity index (χ1v) is 9.32. The molecular weight excluding hydrogens is 300 g/mol. The molecule has 0 heterocycles. The van der Waals surface area contributed by atoms with Gasteiger partial charge in [-0.25, -0.2) is 0 Å². The molecule has 120 valence electrons. The maximum atomic E-state index is 12.8. The average molecular weight is 324 g/mol. The van der Waals surface area contributed by atoms with Crippen molar-refractivity contribution >= 4 is 23.1 Å². The Balaban J connectivity index is 2.28. The Bertz CT molecular complexity index is 644. The summed E-state index contributed by atoms with van der Waals surface area (Å²) >= 11 is 1.96. The second-order valence-corrected chi connectivity index (χ2v) is 6.75. The summed E-state index contributed by atoms with van der Waals surface area (Å²) in [4.78, 5) is 12.8. The highest BCUT2D eigenvalue weighted by molar-refractivity contribution is 7.99. The molecule has 0 amide bonds. The van der Waals surface area contributed by atoms with Crippen LogP contribution in [-0.2, 0) is 0 Å². The molecule has 2 heteroatoms. The van der Waals surface area contributed by atoms with Gasteiger partial charge in [-0.1, -0.05) is 67.6 Å². The molecule has 2 aromatic carbocycles. The van der Waals surface area contributed by atoms with E-state index in [1.807, 2.05) is 67.2 Å². The van der Waals surface area contributed by atoms with Crippen LogP contribution >= 0.6 is 11.8 Å². The molecule has 0 saturated carbocycles. The number of Topliss-reactive ketones (excluding diaryl/α,β-unsaturated/α-hetero) is 1. The van der Waals surface area contributed by atoms with Gasteiger partial charge in [0.1, 0.15) is 0 Å². The molecule has 23 heavy (non-hydrogen) atoms. The van der Waals surface area contributed by atoms with Crippen molar-refractivity contribution in [2.24, 2.45) is 0 Å². The van der Waals surface area contributed by atoms with Crippen LogP contribution in [0.4, 0.5) is 0 Å². The van der Waals surface area contributed by atoms with Crippen molar-refractivity contribution < 1.29 is 4.79 Å². The van der Waals surface area contributed by atoms with Gasteiger partial charge in [0.25, 0.3) is 0 Å². The summed E-state index contributed by atoms with van der Waals surface area (Å²) in [5, 5.41) is 0. The number of carbonyl (C=O) groups is 1. The molecule has 0 aliphatic rings. The first kappa shape index (κ1) is 17.6. The first-order chi connectivity index (χ1) is 11.2. The number of benzene rings is 2. The van der Waals surface area contributed by atoms with Crippen LogP contribution in [0.1, 0.15) is 42.6 Å². The van der Waals surface area contributed by atoms with Crippen LogP contribution in [0.2, 0.25) is 0 Å². The molecule has 0 fully saturated rings. The minimum Gasteiger partial charge on any atom is -0.289 e. The highest BCUT2D eigenvalue weighted by atomic mass is 32.2. The van der Waals surface area contributed by atoms with Crippen LogP contribution in [0.5, 0.6) is 0 Å². The van der Waals surface area contributed by atoms with Gasteiger partial charge in [-0.05, 0) is 42.4 Å². The Labute approximate surface area is 143 Å². The van der Waals surface area contributed by atoms with Crippen LogP contribution < -0.4 is 0 Å². The van der Waals surface area contributed by atoms with Gasteiger partial charge in [-0.15, -0.1) is 0 Å². The Hall–Kier alpha value is -1.80. The second kappa shape index (κ2) is 9.36. The fourth-order valence-corrected chi connectivity index (χ4v) is 3.39. The zero-order valence-electron chi connectivity index (χ0n) is 13.9. The van der Waals surface area contributed by atoms with Crippen molar-refractivity contribution in [1.29, 1.82) is 0 Å². The first-order valence-electron chi connectivity index (χ1n) is 8.16. The van der Waals surface area contributed by atoms with Gasteiger partial charge in [0.05, 0.1) is 0 Å². The highest BCUT2D eigenvalue weighted by Gasteiger charge is 2.14. The standard InChI is InChI=1S/C21H24OS/c1-3-15-23-16-14-20(18-10-6-4-7-11-18)17(2)21(22)19-12-8-5-9-13-19/h4-13H,3,14-16H2,1-2H3/b20-17-. The lowest BCUT2D eigenvalue weighted by molar-refractivity contribution is 0.103. The highest BCUT2D eigenvalue weighted by Crippen LogP contribution is 2.26. The minimum atomic E-state index is 0.130. The number of hydrogen-bond donors (Lipinski definition) is 0. The topological polar surface area (TPSA) is 17.1 Å².